The van der Waals surface area contributed by atoms with Gasteiger partial charge in [0.2, 0.25) is 5.91 Å². The Balaban J connectivity index is 1.47. The van der Waals surface area contributed by atoms with Crippen LogP contribution in [0.25, 0.3) is 5.57 Å². The molecule has 1 saturated heterocycles. The number of rotatable bonds is 13. The summed E-state index contributed by atoms with van der Waals surface area (Å²) >= 11 is 6.48. The zero-order chi connectivity index (χ0) is 43.3. The molecule has 314 valence electrons. The highest BCUT2D eigenvalue weighted by Gasteiger charge is 2.42. The molecular formula is C37H43ClF6N10O4. The van der Waals surface area contributed by atoms with Gasteiger partial charge in [0, 0.05) is 70.7 Å². The van der Waals surface area contributed by atoms with Gasteiger partial charge in [-0.1, -0.05) is 18.5 Å². The van der Waals surface area contributed by atoms with Gasteiger partial charge in [0.15, 0.2) is 5.82 Å². The molecule has 1 aliphatic heterocycles. The van der Waals surface area contributed by atoms with Crippen molar-refractivity contribution in [2.24, 2.45) is 13.0 Å². The molecule has 0 spiro atoms. The summed E-state index contributed by atoms with van der Waals surface area (Å²) in [6, 6.07) is 6.44. The van der Waals surface area contributed by atoms with Crippen molar-refractivity contribution in [2.45, 2.75) is 32.1 Å². The highest BCUT2D eigenvalue weighted by Crippen LogP contribution is 2.30. The molecule has 1 atom stereocenters. The third kappa shape index (κ3) is 10.7. The largest absolute Gasteiger partial charge is 0.471 e. The Morgan fingerprint density at radius 1 is 0.931 bits per heavy atom. The number of imidazole rings is 1. The molecule has 2 N–H and O–H groups in total. The molecule has 4 amide bonds. The minimum absolute atomic E-state index is 0.0173. The lowest BCUT2D eigenvalue weighted by molar-refractivity contribution is -0.170. The van der Waals surface area contributed by atoms with E-state index in [0.717, 1.165) is 60.2 Å². The van der Waals surface area contributed by atoms with E-state index in [2.05, 4.69) is 15.3 Å². The molecule has 0 aliphatic carbocycles. The van der Waals surface area contributed by atoms with Crippen LogP contribution in [0.15, 0.2) is 48.9 Å². The fourth-order valence-corrected chi connectivity index (χ4v) is 6.32. The van der Waals surface area contributed by atoms with E-state index in [1.54, 1.807) is 9.80 Å². The number of benzene rings is 1. The van der Waals surface area contributed by atoms with E-state index in [9.17, 15) is 45.5 Å². The Labute approximate surface area is 335 Å². The van der Waals surface area contributed by atoms with Gasteiger partial charge < -0.3 is 34.4 Å². The molecule has 1 unspecified atom stereocenters. The molecule has 3 aromatic rings. The van der Waals surface area contributed by atoms with E-state index in [-0.39, 0.29) is 57.0 Å². The molecule has 4 rings (SSSR count). The summed E-state index contributed by atoms with van der Waals surface area (Å²) in [5.41, 5.74) is -2.77. The number of nitrogens with one attached hydrogen (secondary N) is 2. The lowest BCUT2D eigenvalue weighted by Crippen LogP contribution is -2.52. The molecule has 0 saturated carbocycles. The molecule has 2 aromatic heterocycles. The van der Waals surface area contributed by atoms with Crippen LogP contribution >= 0.6 is 11.6 Å². The van der Waals surface area contributed by atoms with E-state index < -0.39 is 35.5 Å². The number of nitrogens with zero attached hydrogens (tertiary/aromatic N) is 8. The zero-order valence-electron chi connectivity index (χ0n) is 32.5. The number of carbonyl (C=O) groups excluding carboxylic acids is 4. The summed E-state index contributed by atoms with van der Waals surface area (Å²) in [4.78, 5) is 66.1. The number of halogens is 7. The van der Waals surface area contributed by atoms with Gasteiger partial charge in [-0.05, 0) is 63.8 Å². The van der Waals surface area contributed by atoms with Gasteiger partial charge in [0.25, 0.3) is 11.8 Å². The van der Waals surface area contributed by atoms with Crippen molar-refractivity contribution in [3.8, 4) is 0 Å². The first kappa shape index (κ1) is 45.2. The predicted molar refractivity (Wildman–Crippen MR) is 206 cm³/mol. The van der Waals surface area contributed by atoms with Crippen LogP contribution in [0.4, 0.5) is 43.5 Å². The molecule has 1 aromatic carbocycles. The second kappa shape index (κ2) is 18.4. The first-order valence-electron chi connectivity index (χ1n) is 17.8. The van der Waals surface area contributed by atoms with Gasteiger partial charge in [0.05, 0.1) is 34.4 Å². The van der Waals surface area contributed by atoms with Crippen LogP contribution in [0.5, 0.6) is 0 Å². The minimum atomic E-state index is -5.15. The third-order valence-electron chi connectivity index (χ3n) is 9.47. The average Bonchev–Trinajstić information content (AvgIpc) is 3.55. The van der Waals surface area contributed by atoms with Crippen LogP contribution < -0.4 is 15.1 Å². The summed E-state index contributed by atoms with van der Waals surface area (Å²) in [7, 11) is 7.31. The molecule has 1 fully saturated rings. The number of allylic oxidation sites excluding steroid dienone is 1. The standard InChI is InChI=1S/C37H43ClF6N10O4/c1-7-22(12-13-49(2)3)33(56)53-14-16-54(17-15-53)34(57)25-10-8-23(18-27(25)38)48-32(55)31-47-20-28(52(31)6)26(30(45)36(39,40)41)21-50(4)29-11-9-24(19-46-29)51(5)35(58)37(42,43)44/h8-11,18-22,45H,7,12-17H2,1-6H3,(H,48,55)/b26-21-,45-30?. The van der Waals surface area contributed by atoms with Crippen LogP contribution in [0.2, 0.25) is 5.02 Å². The average molecular weight is 841 g/mol. The maximum Gasteiger partial charge on any atom is 0.471 e. The lowest BCUT2D eigenvalue weighted by Gasteiger charge is -2.36. The van der Waals surface area contributed by atoms with Crippen molar-refractivity contribution in [1.29, 1.82) is 5.41 Å². The number of hydrogen-bond donors (Lipinski definition) is 2. The number of hydrogen-bond acceptors (Lipinski definition) is 9. The summed E-state index contributed by atoms with van der Waals surface area (Å²) in [6.45, 7) is 4.11. The molecule has 3 heterocycles. The normalized spacial score (nSPS) is 14.3. The first-order valence-corrected chi connectivity index (χ1v) is 18.2. The fraction of sp³-hybridized carbons (Fsp3) is 0.432. The van der Waals surface area contributed by atoms with Crippen LogP contribution in [0, 0.1) is 11.3 Å². The number of carbonyl (C=O) groups is 4. The lowest BCUT2D eigenvalue weighted by atomic mass is 10.00. The number of amides is 4. The Hall–Kier alpha value is -5.50. The number of aromatic nitrogens is 3. The Morgan fingerprint density at radius 2 is 1.57 bits per heavy atom. The molecule has 21 heteroatoms. The molecular weight excluding hydrogens is 798 g/mol. The minimum Gasteiger partial charge on any atom is -0.339 e. The Bertz CT molecular complexity index is 2040. The van der Waals surface area contributed by atoms with Gasteiger partial charge in [-0.25, -0.2) is 9.97 Å². The van der Waals surface area contributed by atoms with Crippen molar-refractivity contribution >= 4 is 63.7 Å². The van der Waals surface area contributed by atoms with E-state index in [1.807, 2.05) is 25.9 Å². The van der Waals surface area contributed by atoms with Crippen LogP contribution in [0.3, 0.4) is 0 Å². The maximum absolute atomic E-state index is 13.9. The summed E-state index contributed by atoms with van der Waals surface area (Å²) in [5, 5.41) is 10.5. The monoisotopic (exact) mass is 840 g/mol. The highest BCUT2D eigenvalue weighted by atomic mass is 35.5. The van der Waals surface area contributed by atoms with E-state index in [0.29, 0.717) is 37.5 Å². The molecule has 0 radical (unpaired) electrons. The maximum atomic E-state index is 13.9. The van der Waals surface area contributed by atoms with Crippen molar-refractivity contribution < 1.29 is 45.5 Å². The third-order valence-corrected chi connectivity index (χ3v) is 9.79. The summed E-state index contributed by atoms with van der Waals surface area (Å²) < 4.78 is 81.4. The second-order valence-corrected chi connectivity index (χ2v) is 14.2. The summed E-state index contributed by atoms with van der Waals surface area (Å²) in [6.07, 6.45) is -6.09. The van der Waals surface area contributed by atoms with Gasteiger partial charge in [-0.2, -0.15) is 26.3 Å². The number of anilines is 3. The number of alkyl halides is 6. The topological polar surface area (TPSA) is 151 Å². The second-order valence-electron chi connectivity index (χ2n) is 13.8. The Morgan fingerprint density at radius 3 is 2.10 bits per heavy atom. The fourth-order valence-electron chi connectivity index (χ4n) is 6.06. The van der Waals surface area contributed by atoms with Crippen molar-refractivity contribution in [2.75, 3.05) is 76.0 Å². The van der Waals surface area contributed by atoms with Gasteiger partial charge in [-0.15, -0.1) is 0 Å². The van der Waals surface area contributed by atoms with Gasteiger partial charge >= 0.3 is 18.3 Å². The van der Waals surface area contributed by atoms with Crippen LogP contribution in [-0.4, -0.2) is 132 Å². The van der Waals surface area contributed by atoms with Gasteiger partial charge in [-0.3, -0.25) is 24.6 Å². The molecule has 0 bridgehead atoms. The molecule has 58 heavy (non-hydrogen) atoms. The zero-order valence-corrected chi connectivity index (χ0v) is 33.3. The number of pyridine rings is 1. The van der Waals surface area contributed by atoms with Crippen molar-refractivity contribution in [3.63, 3.8) is 0 Å². The molecule has 1 aliphatic rings. The molecule has 14 nitrogen and oxygen atoms in total. The smallest absolute Gasteiger partial charge is 0.339 e. The SMILES string of the molecule is CCC(CCN(C)C)C(=O)N1CCN(C(=O)c2ccc(NC(=O)c3ncc(/C(=C/N(C)c4ccc(N(C)C(=O)C(F)(F)F)cn4)C(=N)C(F)(F)F)n3C)cc2Cl)CC1. The van der Waals surface area contributed by atoms with E-state index >= 15 is 0 Å². The van der Waals surface area contributed by atoms with Crippen molar-refractivity contribution in [1.82, 2.24) is 29.2 Å². The number of piperazine rings is 1. The highest BCUT2D eigenvalue weighted by molar-refractivity contribution is 6.34. The summed E-state index contributed by atoms with van der Waals surface area (Å²) in [5.74, 6) is -3.84. The Kier molecular flexibility index (Phi) is 14.3. The quantitative estimate of drug-likeness (QED) is 0.168. The van der Waals surface area contributed by atoms with Crippen molar-refractivity contribution in [3.05, 3.63) is 71.0 Å². The first-order chi connectivity index (χ1) is 27.0. The van der Waals surface area contributed by atoms with E-state index in [4.69, 9.17) is 17.0 Å². The van der Waals surface area contributed by atoms with E-state index in [1.165, 1.54) is 32.3 Å². The predicted octanol–water partition coefficient (Wildman–Crippen LogP) is 5.57. The van der Waals surface area contributed by atoms with Gasteiger partial charge in [0.1, 0.15) is 11.5 Å². The van der Waals surface area contributed by atoms with Crippen LogP contribution in [0.1, 0.15) is 46.4 Å². The van der Waals surface area contributed by atoms with Crippen LogP contribution in [-0.2, 0) is 16.6 Å².